The van der Waals surface area contributed by atoms with Gasteiger partial charge in [-0.3, -0.25) is 4.90 Å². The average Bonchev–Trinajstić information content (AvgIpc) is 2.42. The van der Waals surface area contributed by atoms with Crippen molar-refractivity contribution in [3.63, 3.8) is 0 Å². The lowest BCUT2D eigenvalue weighted by Gasteiger charge is -2.48. The van der Waals surface area contributed by atoms with Crippen molar-refractivity contribution in [1.29, 1.82) is 0 Å². The van der Waals surface area contributed by atoms with E-state index in [0.29, 0.717) is 19.4 Å². The molecular weight excluding hydrogens is 279 g/mol. The van der Waals surface area contributed by atoms with Gasteiger partial charge >= 0.3 is 6.18 Å². The van der Waals surface area contributed by atoms with Crippen molar-refractivity contribution < 1.29 is 13.2 Å². The Morgan fingerprint density at radius 1 is 1.10 bits per heavy atom. The van der Waals surface area contributed by atoms with Crippen molar-refractivity contribution in [3.05, 3.63) is 0 Å². The maximum absolute atomic E-state index is 12.8. The molecule has 0 unspecified atom stereocenters. The van der Waals surface area contributed by atoms with Gasteiger partial charge < -0.3 is 10.6 Å². The van der Waals surface area contributed by atoms with Crippen molar-refractivity contribution in [3.8, 4) is 0 Å². The first-order chi connectivity index (χ1) is 9.75. The van der Waals surface area contributed by atoms with Crippen molar-refractivity contribution in [2.75, 3.05) is 40.3 Å². The van der Waals surface area contributed by atoms with Crippen LogP contribution < -0.4 is 5.73 Å². The van der Waals surface area contributed by atoms with E-state index in [2.05, 4.69) is 16.7 Å². The average molecular weight is 309 g/mol. The summed E-state index contributed by atoms with van der Waals surface area (Å²) in [6.07, 6.45) is -1.52. The molecule has 3 nitrogen and oxygen atoms in total. The zero-order valence-electron chi connectivity index (χ0n) is 13.5. The van der Waals surface area contributed by atoms with E-state index in [0.717, 1.165) is 26.1 Å². The number of nitrogens with zero attached hydrogens (tertiary/aromatic N) is 2. The third-order valence-electron chi connectivity index (χ3n) is 4.74. The molecule has 0 aliphatic heterocycles. The molecule has 2 N–H and O–H groups in total. The quantitative estimate of drug-likeness (QED) is 0.785. The maximum Gasteiger partial charge on any atom is 0.391 e. The second-order valence-electron chi connectivity index (χ2n) is 6.53. The van der Waals surface area contributed by atoms with Gasteiger partial charge in [-0.15, -0.1) is 0 Å². The number of rotatable bonds is 7. The van der Waals surface area contributed by atoms with E-state index in [1.54, 1.807) is 0 Å². The smallest absolute Gasteiger partial charge is 0.329 e. The molecule has 0 saturated heterocycles. The van der Waals surface area contributed by atoms with Crippen molar-refractivity contribution in [2.24, 2.45) is 11.7 Å². The fourth-order valence-corrected chi connectivity index (χ4v) is 3.31. The van der Waals surface area contributed by atoms with Gasteiger partial charge in [-0.1, -0.05) is 6.92 Å². The van der Waals surface area contributed by atoms with E-state index in [-0.39, 0.29) is 18.4 Å². The molecule has 0 atom stereocenters. The van der Waals surface area contributed by atoms with Crippen LogP contribution in [0, 0.1) is 5.92 Å². The van der Waals surface area contributed by atoms with Crippen LogP contribution in [0.5, 0.6) is 0 Å². The molecule has 0 aromatic carbocycles. The second-order valence-corrected chi connectivity index (χ2v) is 6.53. The van der Waals surface area contributed by atoms with Crippen LogP contribution in [0.2, 0.25) is 0 Å². The monoisotopic (exact) mass is 309 g/mol. The van der Waals surface area contributed by atoms with E-state index in [9.17, 15) is 13.2 Å². The Labute approximate surface area is 126 Å². The van der Waals surface area contributed by atoms with Crippen LogP contribution >= 0.6 is 0 Å². The number of hydrogen-bond donors (Lipinski definition) is 1. The highest BCUT2D eigenvalue weighted by molar-refractivity contribution is 4.97. The van der Waals surface area contributed by atoms with E-state index < -0.39 is 12.1 Å². The van der Waals surface area contributed by atoms with E-state index in [1.807, 2.05) is 14.1 Å². The van der Waals surface area contributed by atoms with E-state index in [4.69, 9.17) is 5.73 Å². The van der Waals surface area contributed by atoms with Gasteiger partial charge in [0.1, 0.15) is 0 Å². The third-order valence-corrected chi connectivity index (χ3v) is 4.74. The molecule has 1 saturated carbocycles. The lowest BCUT2D eigenvalue weighted by Crippen LogP contribution is -2.58. The number of likely N-dealkylation sites (N-methyl/N-ethyl adjacent to an activating group) is 1. The van der Waals surface area contributed by atoms with Crippen molar-refractivity contribution >= 4 is 0 Å². The van der Waals surface area contributed by atoms with Gasteiger partial charge in [0.05, 0.1) is 5.92 Å². The summed E-state index contributed by atoms with van der Waals surface area (Å²) in [6.45, 7) is 5.24. The van der Waals surface area contributed by atoms with Gasteiger partial charge in [-0.2, -0.15) is 13.2 Å². The maximum atomic E-state index is 12.8. The minimum absolute atomic E-state index is 0.211. The molecule has 0 amide bonds. The summed E-state index contributed by atoms with van der Waals surface area (Å²) in [4.78, 5) is 4.44. The lowest BCUT2D eigenvalue weighted by molar-refractivity contribution is -0.188. The number of alkyl halides is 3. The molecule has 1 aliphatic carbocycles. The summed E-state index contributed by atoms with van der Waals surface area (Å²) in [5.41, 5.74) is 5.75. The summed E-state index contributed by atoms with van der Waals surface area (Å²) in [5, 5.41) is 0. The van der Waals surface area contributed by atoms with Gasteiger partial charge in [-0.25, -0.2) is 0 Å². The molecule has 1 aliphatic rings. The third kappa shape index (κ3) is 5.11. The fraction of sp³-hybridized carbons (Fsp3) is 1.00. The Morgan fingerprint density at radius 3 is 2.05 bits per heavy atom. The predicted octanol–water partition coefficient (Wildman–Crippen LogP) is 2.71. The summed E-state index contributed by atoms with van der Waals surface area (Å²) >= 11 is 0. The van der Waals surface area contributed by atoms with Crippen molar-refractivity contribution in [2.45, 2.75) is 50.7 Å². The van der Waals surface area contributed by atoms with Gasteiger partial charge in [0.15, 0.2) is 0 Å². The zero-order chi connectivity index (χ0) is 16.1. The Morgan fingerprint density at radius 2 is 1.67 bits per heavy atom. The Hall–Kier alpha value is -0.330. The molecule has 0 spiro atoms. The first kappa shape index (κ1) is 18.7. The highest BCUT2D eigenvalue weighted by atomic mass is 19.4. The second kappa shape index (κ2) is 7.79. The molecule has 0 bridgehead atoms. The molecule has 1 fully saturated rings. The van der Waals surface area contributed by atoms with E-state index >= 15 is 0 Å². The van der Waals surface area contributed by atoms with Crippen molar-refractivity contribution in [1.82, 2.24) is 9.80 Å². The molecule has 0 aromatic rings. The van der Waals surface area contributed by atoms with Gasteiger partial charge in [0.25, 0.3) is 0 Å². The molecule has 6 heteroatoms. The highest BCUT2D eigenvalue weighted by Crippen LogP contribution is 2.43. The molecular formula is C15H30F3N3. The summed E-state index contributed by atoms with van der Waals surface area (Å²) in [5.74, 6) is -1.14. The largest absolute Gasteiger partial charge is 0.391 e. The highest BCUT2D eigenvalue weighted by Gasteiger charge is 2.47. The summed E-state index contributed by atoms with van der Waals surface area (Å²) < 4.78 is 38.5. The summed E-state index contributed by atoms with van der Waals surface area (Å²) in [7, 11) is 4.03. The first-order valence-corrected chi connectivity index (χ1v) is 7.91. The minimum atomic E-state index is -4.06. The predicted molar refractivity (Wildman–Crippen MR) is 80.2 cm³/mol. The number of hydrogen-bond acceptors (Lipinski definition) is 3. The van der Waals surface area contributed by atoms with Gasteiger partial charge in [-0.05, 0) is 52.7 Å². The van der Waals surface area contributed by atoms with Crippen LogP contribution in [-0.4, -0.2) is 61.8 Å². The number of nitrogens with two attached hydrogens (primary N) is 1. The molecule has 0 heterocycles. The van der Waals surface area contributed by atoms with Crippen LogP contribution in [0.1, 0.15) is 39.0 Å². The Bertz CT molecular complexity index is 297. The van der Waals surface area contributed by atoms with Crippen LogP contribution in [0.15, 0.2) is 0 Å². The van der Waals surface area contributed by atoms with Gasteiger partial charge in [0.2, 0.25) is 0 Å². The van der Waals surface area contributed by atoms with Gasteiger partial charge in [0, 0.05) is 25.2 Å². The first-order valence-electron chi connectivity index (χ1n) is 7.91. The standard InChI is InChI=1S/C15H30F3N3/c1-4-9-21(11-10-20(2)3)14(12-19)7-5-13(6-8-14)15(16,17)18/h13H,4-12,19H2,1-3H3. The topological polar surface area (TPSA) is 32.5 Å². The van der Waals surface area contributed by atoms with E-state index in [1.165, 1.54) is 0 Å². The molecule has 0 aromatic heterocycles. The van der Waals surface area contributed by atoms with Crippen LogP contribution in [0.4, 0.5) is 13.2 Å². The van der Waals surface area contributed by atoms with Crippen LogP contribution in [-0.2, 0) is 0 Å². The zero-order valence-corrected chi connectivity index (χ0v) is 13.5. The molecule has 1 rings (SSSR count). The Balaban J connectivity index is 2.73. The normalized spacial score (nSPS) is 27.6. The molecule has 126 valence electrons. The molecule has 0 radical (unpaired) electrons. The minimum Gasteiger partial charge on any atom is -0.329 e. The number of halogens is 3. The van der Waals surface area contributed by atoms with Crippen LogP contribution in [0.25, 0.3) is 0 Å². The Kier molecular flexibility index (Phi) is 6.94. The molecule has 21 heavy (non-hydrogen) atoms. The fourth-order valence-electron chi connectivity index (χ4n) is 3.31. The lowest BCUT2D eigenvalue weighted by atomic mass is 9.75. The summed E-state index contributed by atoms with van der Waals surface area (Å²) in [6, 6.07) is 0. The van der Waals surface area contributed by atoms with Crippen LogP contribution in [0.3, 0.4) is 0 Å². The SMILES string of the molecule is CCCN(CCN(C)C)C1(CN)CCC(C(F)(F)F)CC1.